The zero-order chi connectivity index (χ0) is 15.1. The number of hydrogen-bond donors (Lipinski definition) is 1. The zero-order valence-corrected chi connectivity index (χ0v) is 14.0. The smallest absolute Gasteiger partial charge is 0.265 e. The van der Waals surface area contributed by atoms with Crippen LogP contribution in [0.3, 0.4) is 0 Å². The topological polar surface area (TPSA) is 76.9 Å². The summed E-state index contributed by atoms with van der Waals surface area (Å²) >= 11 is 3.28. The lowest BCUT2D eigenvalue weighted by atomic mass is 10.3. The summed E-state index contributed by atoms with van der Waals surface area (Å²) in [5.41, 5.74) is 2.34. The molecule has 2 aromatic rings. The Bertz CT molecular complexity index is 768. The van der Waals surface area contributed by atoms with Crippen molar-refractivity contribution in [2.24, 2.45) is 7.05 Å². The largest absolute Gasteiger partial charge is 0.278 e. The Morgan fingerprint density at radius 2 is 1.95 bits per heavy atom. The van der Waals surface area contributed by atoms with Gasteiger partial charge in [-0.3, -0.25) is 9.40 Å². The maximum Gasteiger partial charge on any atom is 0.265 e. The first-order chi connectivity index (χ1) is 9.22. The van der Waals surface area contributed by atoms with Gasteiger partial charge in [0, 0.05) is 7.05 Å². The highest BCUT2D eigenvalue weighted by molar-refractivity contribution is 9.10. The number of halogens is 1. The van der Waals surface area contributed by atoms with E-state index in [1.165, 1.54) is 6.20 Å². The van der Waals surface area contributed by atoms with Crippen molar-refractivity contribution in [2.45, 2.75) is 25.7 Å². The number of anilines is 1. The maximum atomic E-state index is 12.4. The Labute approximate surface area is 126 Å². The predicted octanol–water partition coefficient (Wildman–Crippen LogP) is 2.30. The van der Waals surface area contributed by atoms with Crippen molar-refractivity contribution in [2.75, 3.05) is 4.72 Å². The fourth-order valence-corrected chi connectivity index (χ4v) is 3.65. The number of nitrogens with zero attached hydrogens (tertiary/aromatic N) is 3. The van der Waals surface area contributed by atoms with Gasteiger partial charge in [-0.05, 0) is 48.3 Å². The van der Waals surface area contributed by atoms with Crippen LogP contribution in [0.4, 0.5) is 5.69 Å². The van der Waals surface area contributed by atoms with Gasteiger partial charge in [0.15, 0.2) is 0 Å². The molecule has 0 saturated heterocycles. The van der Waals surface area contributed by atoms with E-state index in [2.05, 4.69) is 30.7 Å². The van der Waals surface area contributed by atoms with Crippen molar-refractivity contribution in [3.05, 3.63) is 33.8 Å². The lowest BCUT2D eigenvalue weighted by molar-refractivity contribution is 0.599. The number of hydrogen-bond acceptors (Lipinski definition) is 4. The van der Waals surface area contributed by atoms with Crippen LogP contribution in [0.1, 0.15) is 17.0 Å². The summed E-state index contributed by atoms with van der Waals surface area (Å²) in [6.07, 6.45) is 1.47. The van der Waals surface area contributed by atoms with Crippen molar-refractivity contribution >= 4 is 31.6 Å². The third-order valence-corrected chi connectivity index (χ3v) is 5.44. The summed E-state index contributed by atoms with van der Waals surface area (Å²) in [6, 6.07) is 1.72. The number of rotatable bonds is 3. The van der Waals surface area contributed by atoms with Gasteiger partial charge in [-0.25, -0.2) is 13.4 Å². The molecule has 108 valence electrons. The van der Waals surface area contributed by atoms with Crippen molar-refractivity contribution in [3.63, 3.8) is 0 Å². The SMILES string of the molecule is Cc1cc(NS(=O)(=O)c2c(C)nn(C)c2C)cnc1Br. The van der Waals surface area contributed by atoms with Crippen molar-refractivity contribution in [3.8, 4) is 0 Å². The monoisotopic (exact) mass is 358 g/mol. The van der Waals surface area contributed by atoms with Crippen molar-refractivity contribution in [1.82, 2.24) is 14.8 Å². The Kier molecular flexibility index (Phi) is 3.88. The molecule has 0 atom stereocenters. The molecule has 2 rings (SSSR count). The molecule has 0 aliphatic heterocycles. The van der Waals surface area contributed by atoms with Gasteiger partial charge in [-0.1, -0.05) is 0 Å². The van der Waals surface area contributed by atoms with Crippen LogP contribution in [0, 0.1) is 20.8 Å². The third-order valence-electron chi connectivity index (χ3n) is 2.98. The molecule has 2 aromatic heterocycles. The number of nitrogens with one attached hydrogen (secondary N) is 1. The van der Waals surface area contributed by atoms with Gasteiger partial charge < -0.3 is 0 Å². The van der Waals surface area contributed by atoms with Crippen molar-refractivity contribution in [1.29, 1.82) is 0 Å². The lowest BCUT2D eigenvalue weighted by Gasteiger charge is -2.09. The molecule has 0 saturated carbocycles. The molecule has 0 aliphatic carbocycles. The van der Waals surface area contributed by atoms with Crippen LogP contribution >= 0.6 is 15.9 Å². The summed E-state index contributed by atoms with van der Waals surface area (Å²) in [6.45, 7) is 5.24. The fourth-order valence-electron chi connectivity index (χ4n) is 1.96. The normalized spacial score (nSPS) is 11.7. The summed E-state index contributed by atoms with van der Waals surface area (Å²) < 4.78 is 29.7. The molecule has 0 aliphatic rings. The van der Waals surface area contributed by atoms with Crippen LogP contribution in [-0.4, -0.2) is 23.2 Å². The Hall–Kier alpha value is -1.41. The van der Waals surface area contributed by atoms with Crippen LogP contribution in [0.25, 0.3) is 0 Å². The maximum absolute atomic E-state index is 12.4. The molecule has 8 heteroatoms. The third kappa shape index (κ3) is 2.71. The number of sulfonamides is 1. The molecule has 0 unspecified atom stereocenters. The van der Waals surface area contributed by atoms with E-state index < -0.39 is 10.0 Å². The summed E-state index contributed by atoms with van der Waals surface area (Å²) in [7, 11) is -1.96. The summed E-state index contributed by atoms with van der Waals surface area (Å²) in [5, 5.41) is 4.12. The molecule has 1 N–H and O–H groups in total. The van der Waals surface area contributed by atoms with Crippen LogP contribution in [0.15, 0.2) is 21.8 Å². The molecule has 0 fully saturated rings. The van der Waals surface area contributed by atoms with Gasteiger partial charge in [-0.15, -0.1) is 0 Å². The first-order valence-electron chi connectivity index (χ1n) is 5.87. The fraction of sp³-hybridized carbons (Fsp3) is 0.333. The van der Waals surface area contributed by atoms with Gasteiger partial charge in [0.05, 0.1) is 23.3 Å². The van der Waals surface area contributed by atoms with Crippen LogP contribution in [0.5, 0.6) is 0 Å². The highest BCUT2D eigenvalue weighted by Gasteiger charge is 2.24. The second-order valence-electron chi connectivity index (χ2n) is 4.56. The van der Waals surface area contributed by atoms with Crippen molar-refractivity contribution < 1.29 is 8.42 Å². The van der Waals surface area contributed by atoms with E-state index in [4.69, 9.17) is 0 Å². The first kappa shape index (κ1) is 15.0. The highest BCUT2D eigenvalue weighted by Crippen LogP contribution is 2.23. The second kappa shape index (κ2) is 5.17. The van der Waals surface area contributed by atoms with E-state index in [9.17, 15) is 8.42 Å². The Balaban J connectivity index is 2.43. The number of aromatic nitrogens is 3. The average Bonchev–Trinajstić information content (AvgIpc) is 2.58. The zero-order valence-electron chi connectivity index (χ0n) is 11.6. The predicted molar refractivity (Wildman–Crippen MR) is 80.2 cm³/mol. The van der Waals surface area contributed by atoms with E-state index in [1.54, 1.807) is 31.6 Å². The molecule has 6 nitrogen and oxygen atoms in total. The van der Waals surface area contributed by atoms with E-state index in [0.717, 1.165) is 5.56 Å². The summed E-state index contributed by atoms with van der Waals surface area (Å²) in [5.74, 6) is 0. The van der Waals surface area contributed by atoms with Crippen LogP contribution < -0.4 is 4.72 Å². The highest BCUT2D eigenvalue weighted by atomic mass is 79.9. The van der Waals surface area contributed by atoms with E-state index >= 15 is 0 Å². The lowest BCUT2D eigenvalue weighted by Crippen LogP contribution is -2.15. The Morgan fingerprint density at radius 3 is 2.45 bits per heavy atom. The minimum atomic E-state index is -3.67. The van der Waals surface area contributed by atoms with Gasteiger partial charge in [0.1, 0.15) is 9.50 Å². The first-order valence-corrected chi connectivity index (χ1v) is 8.15. The standard InChI is InChI=1S/C12H15BrN4O2S/c1-7-5-10(6-14-12(7)13)16-20(18,19)11-8(2)15-17(4)9(11)3/h5-6,16H,1-4H3. The quantitative estimate of drug-likeness (QED) is 0.854. The molecule has 0 aromatic carbocycles. The van der Waals surface area contributed by atoms with Gasteiger partial charge in [-0.2, -0.15) is 5.10 Å². The molecule has 0 spiro atoms. The molecular weight excluding hydrogens is 344 g/mol. The van der Waals surface area contributed by atoms with Gasteiger partial charge in [0.2, 0.25) is 0 Å². The van der Waals surface area contributed by atoms with E-state index in [1.807, 2.05) is 6.92 Å². The minimum absolute atomic E-state index is 0.209. The van der Waals surface area contributed by atoms with E-state index in [0.29, 0.717) is 21.7 Å². The molecule has 20 heavy (non-hydrogen) atoms. The average molecular weight is 359 g/mol. The summed E-state index contributed by atoms with van der Waals surface area (Å²) in [4.78, 5) is 4.28. The van der Waals surface area contributed by atoms with Crippen LogP contribution in [0.2, 0.25) is 0 Å². The van der Waals surface area contributed by atoms with Gasteiger partial charge >= 0.3 is 0 Å². The minimum Gasteiger partial charge on any atom is -0.278 e. The molecule has 0 amide bonds. The molecule has 0 radical (unpaired) electrons. The van der Waals surface area contributed by atoms with E-state index in [-0.39, 0.29) is 4.90 Å². The molecule has 2 heterocycles. The Morgan fingerprint density at radius 1 is 1.30 bits per heavy atom. The molecular formula is C12H15BrN4O2S. The second-order valence-corrected chi connectivity index (χ2v) is 6.93. The number of aryl methyl sites for hydroxylation is 3. The molecule has 0 bridgehead atoms. The van der Waals surface area contributed by atoms with Gasteiger partial charge in [0.25, 0.3) is 10.0 Å². The number of pyridine rings is 1. The van der Waals surface area contributed by atoms with Crippen LogP contribution in [-0.2, 0) is 17.1 Å².